The van der Waals surface area contributed by atoms with Crippen LogP contribution in [0.2, 0.25) is 0 Å². The molecule has 0 aromatic rings. The lowest BCUT2D eigenvalue weighted by atomic mass is 10.2. The molecule has 1 fully saturated rings. The summed E-state index contributed by atoms with van der Waals surface area (Å²) in [5.74, 6) is 0. The van der Waals surface area contributed by atoms with Crippen LogP contribution in [0.15, 0.2) is 0 Å². The highest BCUT2D eigenvalue weighted by Gasteiger charge is 2.05. The lowest BCUT2D eigenvalue weighted by Crippen LogP contribution is -2.12. The molecule has 1 aliphatic heterocycles. The number of rotatable bonds is 0. The van der Waals surface area contributed by atoms with E-state index in [1.54, 1.807) is 0 Å². The van der Waals surface area contributed by atoms with Crippen molar-refractivity contribution in [1.29, 1.82) is 0 Å². The first-order valence-electron chi connectivity index (χ1n) is 3.84. The molecule has 2 N–H and O–H groups in total. The molecule has 0 unspecified atom stereocenters. The molecule has 0 radical (unpaired) electrons. The van der Waals surface area contributed by atoms with Crippen molar-refractivity contribution in [2.24, 2.45) is 0 Å². The Hall–Kier alpha value is -1.46. The van der Waals surface area contributed by atoms with Gasteiger partial charge in [-0.25, -0.2) is 9.59 Å². The molecule has 0 amide bonds. The van der Waals surface area contributed by atoms with Gasteiger partial charge in [0, 0.05) is 0 Å². The Morgan fingerprint density at radius 2 is 1.46 bits per heavy atom. The summed E-state index contributed by atoms with van der Waals surface area (Å²) in [6, 6.07) is 0. The smallest absolute Gasteiger partial charge is 0.450 e. The van der Waals surface area contributed by atoms with Crippen LogP contribution in [0.1, 0.15) is 19.3 Å². The summed E-state index contributed by atoms with van der Waals surface area (Å²) in [4.78, 5) is 18.9. The fourth-order valence-corrected chi connectivity index (χ4v) is 0.734. The average Bonchev–Trinajstić information content (AvgIpc) is 1.95. The Balaban J connectivity index is 0.000000310. The predicted molar refractivity (Wildman–Crippen MR) is 41.8 cm³/mol. The normalized spacial score (nSPS) is 16.5. The second-order valence-corrected chi connectivity index (χ2v) is 2.29. The second kappa shape index (κ2) is 7.20. The quantitative estimate of drug-likeness (QED) is 0.565. The fraction of sp³-hybridized carbons (Fsp3) is 0.714. The molecule has 6 nitrogen and oxygen atoms in total. The number of carboxylic acid groups (broad SMARTS) is 2. The van der Waals surface area contributed by atoms with E-state index in [4.69, 9.17) is 15.0 Å². The van der Waals surface area contributed by atoms with Gasteiger partial charge in [-0.1, -0.05) is 0 Å². The number of ether oxygens (including phenoxy) is 2. The molecule has 0 aromatic carbocycles. The number of hydrogen-bond donors (Lipinski definition) is 2. The lowest BCUT2D eigenvalue weighted by molar-refractivity contribution is 0.0435. The van der Waals surface area contributed by atoms with Gasteiger partial charge < -0.3 is 19.7 Å². The van der Waals surface area contributed by atoms with Crippen molar-refractivity contribution >= 4 is 12.3 Å². The van der Waals surface area contributed by atoms with Crippen molar-refractivity contribution in [3.05, 3.63) is 0 Å². The van der Waals surface area contributed by atoms with Crippen LogP contribution in [-0.4, -0.2) is 35.7 Å². The molecule has 6 heteroatoms. The maximum Gasteiger partial charge on any atom is 0.508 e. The molecule has 13 heavy (non-hydrogen) atoms. The Kier molecular flexibility index (Phi) is 6.39. The summed E-state index contributed by atoms with van der Waals surface area (Å²) in [7, 11) is 0. The van der Waals surface area contributed by atoms with Crippen LogP contribution in [0.3, 0.4) is 0 Å². The molecule has 1 saturated heterocycles. The maximum atomic E-state index is 10.4. The molecule has 1 aliphatic rings. The van der Waals surface area contributed by atoms with Crippen LogP contribution in [0.25, 0.3) is 0 Å². The first-order chi connectivity index (χ1) is 6.13. The van der Waals surface area contributed by atoms with Crippen LogP contribution in [0.4, 0.5) is 9.59 Å². The molecule has 0 aromatic heterocycles. The highest BCUT2D eigenvalue weighted by molar-refractivity contribution is 5.59. The van der Waals surface area contributed by atoms with E-state index in [0.29, 0.717) is 13.2 Å². The van der Waals surface area contributed by atoms with Gasteiger partial charge in [-0.3, -0.25) is 0 Å². The van der Waals surface area contributed by atoms with E-state index in [1.807, 2.05) is 0 Å². The second-order valence-electron chi connectivity index (χ2n) is 2.29. The molecule has 0 aliphatic carbocycles. The molecule has 0 bridgehead atoms. The molecular weight excluding hydrogens is 180 g/mol. The summed E-state index contributed by atoms with van der Waals surface area (Å²) in [6.45, 7) is 1.03. The summed E-state index contributed by atoms with van der Waals surface area (Å²) >= 11 is 0. The van der Waals surface area contributed by atoms with E-state index in [-0.39, 0.29) is 0 Å². The molecule has 0 spiro atoms. The fourth-order valence-electron chi connectivity index (χ4n) is 0.734. The van der Waals surface area contributed by atoms with Gasteiger partial charge >= 0.3 is 12.3 Å². The molecule has 1 rings (SSSR count). The lowest BCUT2D eigenvalue weighted by Gasteiger charge is -2.09. The van der Waals surface area contributed by atoms with Crippen molar-refractivity contribution in [2.75, 3.05) is 13.2 Å². The Morgan fingerprint density at radius 1 is 1.08 bits per heavy atom. The topological polar surface area (TPSA) is 93.1 Å². The largest absolute Gasteiger partial charge is 0.508 e. The number of carbonyl (C=O) groups excluding carboxylic acids is 1. The van der Waals surface area contributed by atoms with Gasteiger partial charge in [-0.05, 0) is 19.3 Å². The van der Waals surface area contributed by atoms with Crippen LogP contribution in [0, 0.1) is 0 Å². The number of carbonyl (C=O) groups is 2. The minimum Gasteiger partial charge on any atom is -0.450 e. The first kappa shape index (κ1) is 11.5. The van der Waals surface area contributed by atoms with E-state index in [1.165, 1.54) is 0 Å². The van der Waals surface area contributed by atoms with Crippen molar-refractivity contribution in [3.8, 4) is 0 Å². The first-order valence-corrected chi connectivity index (χ1v) is 3.84. The molecule has 0 saturated carbocycles. The van der Waals surface area contributed by atoms with Crippen LogP contribution in [0.5, 0.6) is 0 Å². The van der Waals surface area contributed by atoms with Gasteiger partial charge in [0.05, 0.1) is 13.2 Å². The molecule has 0 atom stereocenters. The van der Waals surface area contributed by atoms with Gasteiger partial charge in [0.25, 0.3) is 0 Å². The molecule has 1 heterocycles. The third kappa shape index (κ3) is 10.5. The SMILES string of the molecule is O=C(O)O.O=C1OCCCCCO1. The zero-order chi connectivity index (χ0) is 10.1. The van der Waals surface area contributed by atoms with Gasteiger partial charge in [0.1, 0.15) is 0 Å². The van der Waals surface area contributed by atoms with Gasteiger partial charge in [-0.15, -0.1) is 0 Å². The van der Waals surface area contributed by atoms with Crippen molar-refractivity contribution < 1.29 is 29.3 Å². The minimum atomic E-state index is -1.83. The number of cyclic esters (lactones) is 2. The van der Waals surface area contributed by atoms with E-state index in [0.717, 1.165) is 19.3 Å². The number of hydrogen-bond acceptors (Lipinski definition) is 4. The average molecular weight is 192 g/mol. The van der Waals surface area contributed by atoms with E-state index >= 15 is 0 Å². The standard InChI is InChI=1S/C6H10O3.CH2O3/c7-6-8-4-2-1-3-5-9-6;2-1(3)4/h1-5H2;(H2,2,3,4). The van der Waals surface area contributed by atoms with Crippen molar-refractivity contribution in [3.63, 3.8) is 0 Å². The maximum absolute atomic E-state index is 10.4. The summed E-state index contributed by atoms with van der Waals surface area (Å²) in [6.07, 6.45) is 0.673. The van der Waals surface area contributed by atoms with Crippen LogP contribution < -0.4 is 0 Å². The van der Waals surface area contributed by atoms with Crippen LogP contribution >= 0.6 is 0 Å². The Labute approximate surface area is 75.1 Å². The van der Waals surface area contributed by atoms with Crippen molar-refractivity contribution in [1.82, 2.24) is 0 Å². The summed E-state index contributed by atoms with van der Waals surface area (Å²) in [5, 5.41) is 13.9. The highest BCUT2D eigenvalue weighted by atomic mass is 16.7. The highest BCUT2D eigenvalue weighted by Crippen LogP contribution is 2.01. The Morgan fingerprint density at radius 3 is 1.85 bits per heavy atom. The van der Waals surface area contributed by atoms with E-state index < -0.39 is 12.3 Å². The predicted octanol–water partition coefficient (Wildman–Crippen LogP) is 1.55. The monoisotopic (exact) mass is 192 g/mol. The van der Waals surface area contributed by atoms with Gasteiger partial charge in [-0.2, -0.15) is 0 Å². The van der Waals surface area contributed by atoms with Gasteiger partial charge in [0.15, 0.2) is 0 Å². The molecule has 76 valence electrons. The van der Waals surface area contributed by atoms with Gasteiger partial charge in [0.2, 0.25) is 0 Å². The van der Waals surface area contributed by atoms with E-state index in [2.05, 4.69) is 9.47 Å². The van der Waals surface area contributed by atoms with E-state index in [9.17, 15) is 4.79 Å². The van der Waals surface area contributed by atoms with Crippen molar-refractivity contribution in [2.45, 2.75) is 19.3 Å². The summed E-state index contributed by atoms with van der Waals surface area (Å²) < 4.78 is 9.24. The van der Waals surface area contributed by atoms with Crippen LogP contribution in [-0.2, 0) is 9.47 Å². The molecular formula is C7H12O6. The Bertz CT molecular complexity index is 152. The third-order valence-electron chi connectivity index (χ3n) is 1.23. The summed E-state index contributed by atoms with van der Waals surface area (Å²) in [5.41, 5.74) is 0. The zero-order valence-corrected chi connectivity index (χ0v) is 7.06. The zero-order valence-electron chi connectivity index (χ0n) is 7.06. The third-order valence-corrected chi connectivity index (χ3v) is 1.23. The minimum absolute atomic E-state index is 0.513.